The maximum atomic E-state index is 11.7. The van der Waals surface area contributed by atoms with Crippen LogP contribution in [0.25, 0.3) is 0 Å². The first-order valence-electron chi connectivity index (χ1n) is 5.42. The predicted octanol–water partition coefficient (Wildman–Crippen LogP) is 2.23. The number of nitrogens with one attached hydrogen (secondary N) is 1. The Labute approximate surface area is 91.0 Å². The van der Waals surface area contributed by atoms with Crippen molar-refractivity contribution in [1.82, 2.24) is 9.97 Å². The summed E-state index contributed by atoms with van der Waals surface area (Å²) in [4.78, 5) is 19.0. The molecule has 0 unspecified atom stereocenters. The molecule has 0 atom stereocenters. The van der Waals surface area contributed by atoms with E-state index in [0.29, 0.717) is 0 Å². The summed E-state index contributed by atoms with van der Waals surface area (Å²) in [7, 11) is 0. The molecule has 15 heavy (non-hydrogen) atoms. The second kappa shape index (κ2) is 4.17. The zero-order valence-corrected chi connectivity index (χ0v) is 10.3. The molecule has 0 saturated heterocycles. The van der Waals surface area contributed by atoms with E-state index in [1.165, 1.54) is 0 Å². The molecular weight excluding hydrogens is 188 g/mol. The Morgan fingerprint density at radius 2 is 1.93 bits per heavy atom. The Balaban J connectivity index is 3.10. The van der Waals surface area contributed by atoms with Crippen molar-refractivity contribution in [3.63, 3.8) is 0 Å². The Morgan fingerprint density at radius 3 is 2.33 bits per heavy atom. The molecule has 3 heteroatoms. The number of hydrogen-bond acceptors (Lipinski definition) is 2. The summed E-state index contributed by atoms with van der Waals surface area (Å²) < 4.78 is 0. The molecule has 0 bridgehead atoms. The van der Waals surface area contributed by atoms with Crippen LogP contribution in [-0.4, -0.2) is 9.97 Å². The van der Waals surface area contributed by atoms with Gasteiger partial charge in [-0.2, -0.15) is 0 Å². The lowest BCUT2D eigenvalue weighted by Gasteiger charge is -2.17. The topological polar surface area (TPSA) is 45.8 Å². The van der Waals surface area contributed by atoms with Gasteiger partial charge in [0.25, 0.3) is 5.56 Å². The number of nitrogens with zero attached hydrogens (tertiary/aromatic N) is 1. The zero-order valence-electron chi connectivity index (χ0n) is 10.3. The van der Waals surface area contributed by atoms with Crippen molar-refractivity contribution in [2.75, 3.05) is 0 Å². The molecule has 3 nitrogen and oxygen atoms in total. The van der Waals surface area contributed by atoms with E-state index in [1.807, 2.05) is 13.8 Å². The fourth-order valence-electron chi connectivity index (χ4n) is 1.67. The van der Waals surface area contributed by atoms with Gasteiger partial charge in [-0.15, -0.1) is 0 Å². The van der Waals surface area contributed by atoms with E-state index >= 15 is 0 Å². The van der Waals surface area contributed by atoms with Crippen molar-refractivity contribution in [3.8, 4) is 0 Å². The molecule has 0 saturated carbocycles. The molecule has 0 spiro atoms. The molecule has 1 heterocycles. The summed E-state index contributed by atoms with van der Waals surface area (Å²) in [6, 6.07) is 0. The van der Waals surface area contributed by atoms with E-state index in [2.05, 4.69) is 30.7 Å². The Bertz CT molecular complexity index is 399. The van der Waals surface area contributed by atoms with E-state index in [-0.39, 0.29) is 11.0 Å². The summed E-state index contributed by atoms with van der Waals surface area (Å²) in [5.41, 5.74) is 1.83. The number of H-pyrrole nitrogens is 1. The number of aromatic amines is 1. The van der Waals surface area contributed by atoms with Gasteiger partial charge in [-0.25, -0.2) is 4.98 Å². The monoisotopic (exact) mass is 208 g/mol. The van der Waals surface area contributed by atoms with Crippen LogP contribution in [0.3, 0.4) is 0 Å². The third-order valence-corrected chi connectivity index (χ3v) is 2.32. The second-order valence-corrected chi connectivity index (χ2v) is 5.17. The van der Waals surface area contributed by atoms with Gasteiger partial charge in [-0.3, -0.25) is 4.79 Å². The van der Waals surface area contributed by atoms with Gasteiger partial charge in [-0.05, 0) is 18.8 Å². The van der Waals surface area contributed by atoms with Gasteiger partial charge in [0.2, 0.25) is 0 Å². The molecule has 0 aliphatic rings. The van der Waals surface area contributed by atoms with Crippen LogP contribution < -0.4 is 5.56 Å². The standard InChI is InChI=1S/C12H20N2O/c1-6-9-8(2)13-10(14-11(9)15)7-12(3,4)5/h6-7H2,1-5H3,(H,13,14,15). The maximum Gasteiger partial charge on any atom is 0.254 e. The Kier molecular flexibility index (Phi) is 3.32. The lowest BCUT2D eigenvalue weighted by molar-refractivity contribution is 0.399. The van der Waals surface area contributed by atoms with Crippen molar-refractivity contribution in [2.45, 2.75) is 47.5 Å². The number of hydrogen-bond donors (Lipinski definition) is 1. The fourth-order valence-corrected chi connectivity index (χ4v) is 1.67. The molecule has 0 aliphatic heterocycles. The van der Waals surface area contributed by atoms with E-state index < -0.39 is 0 Å². The highest BCUT2D eigenvalue weighted by molar-refractivity contribution is 5.16. The maximum absolute atomic E-state index is 11.7. The van der Waals surface area contributed by atoms with Gasteiger partial charge in [-0.1, -0.05) is 27.7 Å². The van der Waals surface area contributed by atoms with Gasteiger partial charge in [0.15, 0.2) is 0 Å². The van der Waals surface area contributed by atoms with Crippen molar-refractivity contribution in [2.24, 2.45) is 5.41 Å². The van der Waals surface area contributed by atoms with Crippen LogP contribution in [-0.2, 0) is 12.8 Å². The quantitative estimate of drug-likeness (QED) is 0.810. The Hall–Kier alpha value is -1.12. The van der Waals surface area contributed by atoms with Crippen molar-refractivity contribution in [3.05, 3.63) is 27.4 Å². The summed E-state index contributed by atoms with van der Waals surface area (Å²) in [5, 5.41) is 0. The molecule has 1 aromatic rings. The van der Waals surface area contributed by atoms with Crippen LogP contribution in [0.4, 0.5) is 0 Å². The largest absolute Gasteiger partial charge is 0.310 e. The normalized spacial score (nSPS) is 11.8. The minimum Gasteiger partial charge on any atom is -0.310 e. The van der Waals surface area contributed by atoms with Crippen molar-refractivity contribution in [1.29, 1.82) is 0 Å². The molecule has 0 amide bonds. The molecule has 0 aliphatic carbocycles. The van der Waals surface area contributed by atoms with Crippen LogP contribution in [0, 0.1) is 12.3 Å². The first-order valence-corrected chi connectivity index (χ1v) is 5.42. The third-order valence-electron chi connectivity index (χ3n) is 2.32. The highest BCUT2D eigenvalue weighted by atomic mass is 16.1. The number of aromatic nitrogens is 2. The molecule has 0 aromatic carbocycles. The number of rotatable bonds is 2. The van der Waals surface area contributed by atoms with Gasteiger partial charge < -0.3 is 4.98 Å². The van der Waals surface area contributed by atoms with Gasteiger partial charge in [0, 0.05) is 17.7 Å². The highest BCUT2D eigenvalue weighted by Gasteiger charge is 2.14. The van der Waals surface area contributed by atoms with Gasteiger partial charge in [0.1, 0.15) is 5.82 Å². The van der Waals surface area contributed by atoms with Gasteiger partial charge >= 0.3 is 0 Å². The Morgan fingerprint density at radius 1 is 1.33 bits per heavy atom. The highest BCUT2D eigenvalue weighted by Crippen LogP contribution is 2.17. The third kappa shape index (κ3) is 3.18. The van der Waals surface area contributed by atoms with Crippen LogP contribution in [0.2, 0.25) is 0 Å². The van der Waals surface area contributed by atoms with E-state index in [1.54, 1.807) is 0 Å². The second-order valence-electron chi connectivity index (χ2n) is 5.17. The first kappa shape index (κ1) is 12.0. The van der Waals surface area contributed by atoms with Crippen molar-refractivity contribution >= 4 is 0 Å². The summed E-state index contributed by atoms with van der Waals surface area (Å²) in [6.07, 6.45) is 1.54. The summed E-state index contributed by atoms with van der Waals surface area (Å²) in [5.74, 6) is 0.794. The van der Waals surface area contributed by atoms with Crippen LogP contribution in [0.5, 0.6) is 0 Å². The van der Waals surface area contributed by atoms with E-state index in [4.69, 9.17) is 0 Å². The minimum absolute atomic E-state index is 0.0178. The molecule has 84 valence electrons. The fraction of sp³-hybridized carbons (Fsp3) is 0.667. The predicted molar refractivity (Wildman–Crippen MR) is 62.1 cm³/mol. The average molecular weight is 208 g/mol. The van der Waals surface area contributed by atoms with Crippen molar-refractivity contribution < 1.29 is 0 Å². The molecule has 1 N–H and O–H groups in total. The molecule has 0 fully saturated rings. The van der Waals surface area contributed by atoms with E-state index in [0.717, 1.165) is 29.9 Å². The smallest absolute Gasteiger partial charge is 0.254 e. The molecule has 1 aromatic heterocycles. The summed E-state index contributed by atoms with van der Waals surface area (Å²) in [6.45, 7) is 10.3. The first-order chi connectivity index (χ1) is 6.83. The molecule has 1 rings (SSSR count). The van der Waals surface area contributed by atoms with E-state index in [9.17, 15) is 4.79 Å². The minimum atomic E-state index is 0.0178. The number of aryl methyl sites for hydroxylation is 1. The molecule has 0 radical (unpaired) electrons. The lowest BCUT2D eigenvalue weighted by Crippen LogP contribution is -2.21. The van der Waals surface area contributed by atoms with Crippen LogP contribution in [0.1, 0.15) is 44.8 Å². The van der Waals surface area contributed by atoms with Crippen LogP contribution in [0.15, 0.2) is 4.79 Å². The summed E-state index contributed by atoms with van der Waals surface area (Å²) >= 11 is 0. The average Bonchev–Trinajstić information content (AvgIpc) is 1.99. The zero-order chi connectivity index (χ0) is 11.6. The molecular formula is C12H20N2O. The SMILES string of the molecule is CCc1c(C)nc(CC(C)(C)C)[nH]c1=O. The van der Waals surface area contributed by atoms with Gasteiger partial charge in [0.05, 0.1) is 0 Å². The van der Waals surface area contributed by atoms with Crippen LogP contribution >= 0.6 is 0 Å². The lowest BCUT2D eigenvalue weighted by atomic mass is 9.92.